The number of carbonyl (C=O) groups is 2. The molecule has 0 aliphatic rings. The van der Waals surface area contributed by atoms with Crippen molar-refractivity contribution in [1.29, 1.82) is 0 Å². The number of hydrogen-bond acceptors (Lipinski definition) is 3. The predicted molar refractivity (Wildman–Crippen MR) is 72.2 cm³/mol. The van der Waals surface area contributed by atoms with Crippen molar-refractivity contribution in [2.75, 3.05) is 6.61 Å². The van der Waals surface area contributed by atoms with Crippen molar-refractivity contribution >= 4 is 27.7 Å². The van der Waals surface area contributed by atoms with E-state index in [4.69, 9.17) is 4.74 Å². The Bertz CT molecular complexity index is 272. The molecule has 3 nitrogen and oxygen atoms in total. The fraction of sp³-hybridized carbons (Fsp3) is 0.846. The monoisotopic (exact) mass is 306 g/mol. The van der Waals surface area contributed by atoms with Crippen LogP contribution in [-0.4, -0.2) is 23.2 Å². The average molecular weight is 307 g/mol. The van der Waals surface area contributed by atoms with E-state index in [9.17, 15) is 9.59 Å². The Hall–Kier alpha value is -0.380. The number of alkyl halides is 1. The molecule has 0 heterocycles. The van der Waals surface area contributed by atoms with Crippen molar-refractivity contribution in [2.24, 2.45) is 11.3 Å². The quantitative estimate of drug-likeness (QED) is 0.411. The van der Waals surface area contributed by atoms with Crippen LogP contribution < -0.4 is 0 Å². The van der Waals surface area contributed by atoms with Gasteiger partial charge in [-0.15, -0.1) is 0 Å². The highest BCUT2D eigenvalue weighted by atomic mass is 79.9. The lowest BCUT2D eigenvalue weighted by Crippen LogP contribution is -2.34. The highest BCUT2D eigenvalue weighted by molar-refractivity contribution is 9.10. The summed E-state index contributed by atoms with van der Waals surface area (Å²) in [6.07, 6.45) is 1.46. The Balaban J connectivity index is 4.86. The van der Waals surface area contributed by atoms with Gasteiger partial charge in [0, 0.05) is 0 Å². The van der Waals surface area contributed by atoms with E-state index >= 15 is 0 Å². The maximum absolute atomic E-state index is 12.0. The van der Waals surface area contributed by atoms with Gasteiger partial charge in [-0.25, -0.2) is 0 Å². The lowest BCUT2D eigenvalue weighted by molar-refractivity contribution is -0.152. The average Bonchev–Trinajstić information content (AvgIpc) is 2.25. The zero-order valence-corrected chi connectivity index (χ0v) is 13.0. The number of esters is 1. The van der Waals surface area contributed by atoms with Crippen molar-refractivity contribution in [1.82, 2.24) is 0 Å². The normalized spacial score (nSPS) is 15.2. The lowest BCUT2D eigenvalue weighted by Gasteiger charge is -2.27. The van der Waals surface area contributed by atoms with Crippen molar-refractivity contribution < 1.29 is 14.3 Å². The van der Waals surface area contributed by atoms with Crippen LogP contribution in [0.15, 0.2) is 0 Å². The molecule has 0 aliphatic heterocycles. The minimum Gasteiger partial charge on any atom is -0.465 e. The Morgan fingerprint density at radius 3 is 2.18 bits per heavy atom. The second-order valence-corrected chi connectivity index (χ2v) is 6.42. The van der Waals surface area contributed by atoms with Crippen LogP contribution in [0, 0.1) is 11.3 Å². The summed E-state index contributed by atoms with van der Waals surface area (Å²) in [5, 5.41) is 0. The molecule has 0 spiro atoms. The van der Waals surface area contributed by atoms with Crippen LogP contribution in [0.3, 0.4) is 0 Å². The summed E-state index contributed by atoms with van der Waals surface area (Å²) in [6.45, 7) is 9.99. The zero-order chi connectivity index (χ0) is 13.6. The summed E-state index contributed by atoms with van der Waals surface area (Å²) in [7, 11) is 0. The molecule has 0 aromatic heterocycles. The molecule has 0 saturated heterocycles. The number of halogens is 1. The number of ketones is 1. The summed E-state index contributed by atoms with van der Waals surface area (Å²) in [6, 6.07) is 0. The van der Waals surface area contributed by atoms with Crippen LogP contribution in [0.25, 0.3) is 0 Å². The van der Waals surface area contributed by atoms with Gasteiger partial charge in [0.2, 0.25) is 0 Å². The summed E-state index contributed by atoms with van der Waals surface area (Å²) in [4.78, 5) is 23.5. The number of Topliss-reactive ketones (excluding diaryl/α,β-unsaturated/α-hetero) is 1. The second kappa shape index (κ2) is 7.14. The standard InChI is InChI=1S/C13H23BrO3/c1-6-13(4,5)8-10(11(15)9(3)14)12(16)17-7-2/h9-10H,6-8H2,1-5H3. The molecular formula is C13H23BrO3. The van der Waals surface area contributed by atoms with E-state index in [0.717, 1.165) is 6.42 Å². The third kappa shape index (κ3) is 5.66. The molecule has 0 aromatic carbocycles. The van der Waals surface area contributed by atoms with E-state index in [1.807, 2.05) is 0 Å². The molecule has 100 valence electrons. The van der Waals surface area contributed by atoms with Gasteiger partial charge in [-0.05, 0) is 25.7 Å². The molecule has 0 rings (SSSR count). The van der Waals surface area contributed by atoms with Crippen LogP contribution in [0.4, 0.5) is 0 Å². The van der Waals surface area contributed by atoms with E-state index in [0.29, 0.717) is 13.0 Å². The molecule has 0 aromatic rings. The molecule has 0 saturated carbocycles. The Morgan fingerprint density at radius 2 is 1.82 bits per heavy atom. The molecule has 0 aliphatic carbocycles. The first kappa shape index (κ1) is 16.6. The molecule has 0 N–H and O–H groups in total. The fourth-order valence-electron chi connectivity index (χ4n) is 1.52. The molecule has 0 radical (unpaired) electrons. The van der Waals surface area contributed by atoms with Crippen molar-refractivity contribution in [3.63, 3.8) is 0 Å². The first-order valence-electron chi connectivity index (χ1n) is 6.09. The summed E-state index contributed by atoms with van der Waals surface area (Å²) < 4.78 is 4.99. The van der Waals surface area contributed by atoms with Gasteiger partial charge in [0.25, 0.3) is 0 Å². The largest absolute Gasteiger partial charge is 0.465 e. The van der Waals surface area contributed by atoms with Gasteiger partial charge < -0.3 is 4.74 Å². The first-order chi connectivity index (χ1) is 7.75. The number of hydrogen-bond donors (Lipinski definition) is 0. The molecule has 0 bridgehead atoms. The van der Waals surface area contributed by atoms with Gasteiger partial charge in [-0.1, -0.05) is 43.1 Å². The number of carbonyl (C=O) groups excluding carboxylic acids is 2. The Kier molecular flexibility index (Phi) is 6.98. The number of ether oxygens (including phenoxy) is 1. The van der Waals surface area contributed by atoms with Crippen LogP contribution >= 0.6 is 15.9 Å². The fourth-order valence-corrected chi connectivity index (χ4v) is 1.84. The highest BCUT2D eigenvalue weighted by Crippen LogP contribution is 2.31. The molecule has 17 heavy (non-hydrogen) atoms. The topological polar surface area (TPSA) is 43.4 Å². The van der Waals surface area contributed by atoms with Crippen LogP contribution in [-0.2, 0) is 14.3 Å². The smallest absolute Gasteiger partial charge is 0.316 e. The third-order valence-electron chi connectivity index (χ3n) is 3.02. The molecule has 0 fully saturated rings. The van der Waals surface area contributed by atoms with Gasteiger partial charge >= 0.3 is 5.97 Å². The lowest BCUT2D eigenvalue weighted by atomic mass is 9.79. The number of rotatable bonds is 7. The molecule has 2 atom stereocenters. The summed E-state index contributed by atoms with van der Waals surface area (Å²) >= 11 is 3.23. The summed E-state index contributed by atoms with van der Waals surface area (Å²) in [5.74, 6) is -1.14. The van der Waals surface area contributed by atoms with E-state index < -0.39 is 11.9 Å². The minimum atomic E-state index is -0.653. The van der Waals surface area contributed by atoms with Crippen molar-refractivity contribution in [3.8, 4) is 0 Å². The Morgan fingerprint density at radius 1 is 1.29 bits per heavy atom. The van der Waals surface area contributed by atoms with Crippen molar-refractivity contribution in [2.45, 2.75) is 52.3 Å². The molecular weight excluding hydrogens is 284 g/mol. The highest BCUT2D eigenvalue weighted by Gasteiger charge is 2.34. The Labute approximate surface area is 112 Å². The van der Waals surface area contributed by atoms with E-state index in [1.54, 1.807) is 13.8 Å². The first-order valence-corrected chi connectivity index (χ1v) is 7.01. The van der Waals surface area contributed by atoms with Crippen LogP contribution in [0.2, 0.25) is 0 Å². The van der Waals surface area contributed by atoms with Crippen molar-refractivity contribution in [3.05, 3.63) is 0 Å². The maximum Gasteiger partial charge on any atom is 0.316 e. The maximum atomic E-state index is 12.0. The summed E-state index contributed by atoms with van der Waals surface area (Å²) in [5.41, 5.74) is -0.0328. The van der Waals surface area contributed by atoms with Gasteiger partial charge in [-0.3, -0.25) is 9.59 Å². The minimum absolute atomic E-state index is 0.0328. The van der Waals surface area contributed by atoms with E-state index in [2.05, 4.69) is 36.7 Å². The van der Waals surface area contributed by atoms with Crippen LogP contribution in [0.1, 0.15) is 47.5 Å². The van der Waals surface area contributed by atoms with Gasteiger partial charge in [-0.2, -0.15) is 0 Å². The second-order valence-electron chi connectivity index (χ2n) is 5.04. The third-order valence-corrected chi connectivity index (χ3v) is 3.47. The molecule has 2 unspecified atom stereocenters. The predicted octanol–water partition coefficient (Wildman–Crippen LogP) is 3.34. The van der Waals surface area contributed by atoms with Gasteiger partial charge in [0.05, 0.1) is 11.4 Å². The molecule has 4 heteroatoms. The molecule has 0 amide bonds. The van der Waals surface area contributed by atoms with Gasteiger partial charge in [0.15, 0.2) is 5.78 Å². The van der Waals surface area contributed by atoms with E-state index in [1.165, 1.54) is 0 Å². The SMILES string of the molecule is CCOC(=O)C(CC(C)(C)CC)C(=O)C(C)Br. The zero-order valence-electron chi connectivity index (χ0n) is 11.4. The van der Waals surface area contributed by atoms with Crippen LogP contribution in [0.5, 0.6) is 0 Å². The van der Waals surface area contributed by atoms with Gasteiger partial charge in [0.1, 0.15) is 5.92 Å². The van der Waals surface area contributed by atoms with E-state index in [-0.39, 0.29) is 16.0 Å².